The third-order valence-electron chi connectivity index (χ3n) is 4.38. The summed E-state index contributed by atoms with van der Waals surface area (Å²) in [5, 5.41) is 0. The Bertz CT molecular complexity index is 408. The smallest absolute Gasteiger partial charge is 0.150 e. The first-order valence-corrected chi connectivity index (χ1v) is 6.80. The molecule has 0 fully saturated rings. The highest BCUT2D eigenvalue weighted by Gasteiger charge is 2.26. The maximum Gasteiger partial charge on any atom is 0.150 e. The van der Waals surface area contributed by atoms with Crippen LogP contribution in [-0.4, -0.2) is 0 Å². The first-order chi connectivity index (χ1) is 8.28. The van der Waals surface area contributed by atoms with E-state index in [1.165, 1.54) is 11.1 Å². The van der Waals surface area contributed by atoms with E-state index in [-0.39, 0.29) is 10.8 Å². The fraction of sp³-hybridized carbons (Fsp3) is 0.625. The normalized spacial score (nSPS) is 12.6. The fourth-order valence-electron chi connectivity index (χ4n) is 1.98. The minimum Gasteiger partial charge on any atom is -0.411 e. The number of nitrogens with two attached hydrogens (primary N) is 1. The topological polar surface area (TPSA) is 35.2 Å². The summed E-state index contributed by atoms with van der Waals surface area (Å²) in [5.74, 6) is 6.18. The van der Waals surface area contributed by atoms with Crippen LogP contribution in [0.1, 0.15) is 65.5 Å². The number of hydrogen-bond donors (Lipinski definition) is 1. The first-order valence-electron chi connectivity index (χ1n) is 6.80. The minimum atomic E-state index is 0.0779. The van der Waals surface area contributed by atoms with Gasteiger partial charge < -0.3 is 4.84 Å². The molecular weight excluding hydrogens is 222 g/mol. The van der Waals surface area contributed by atoms with Gasteiger partial charge in [0.05, 0.1) is 0 Å². The van der Waals surface area contributed by atoms with Crippen molar-refractivity contribution in [2.24, 2.45) is 5.90 Å². The molecule has 18 heavy (non-hydrogen) atoms. The Kier molecular flexibility index (Phi) is 4.44. The molecule has 0 unspecified atom stereocenters. The number of benzene rings is 1. The zero-order valence-electron chi connectivity index (χ0n) is 12.6. The van der Waals surface area contributed by atoms with Gasteiger partial charge in [0.1, 0.15) is 0 Å². The van der Waals surface area contributed by atoms with Gasteiger partial charge in [0.2, 0.25) is 0 Å². The Morgan fingerprint density at radius 3 is 2.00 bits per heavy atom. The SMILES string of the molecule is CCC(C)(C)c1ccc(ON)c(C(C)(C)CC)c1. The summed E-state index contributed by atoms with van der Waals surface area (Å²) in [6.07, 6.45) is 2.17. The zero-order chi connectivity index (χ0) is 14.0. The predicted octanol–water partition coefficient (Wildman–Crippen LogP) is 4.31. The molecule has 0 radical (unpaired) electrons. The average molecular weight is 249 g/mol. The molecule has 0 saturated carbocycles. The van der Waals surface area contributed by atoms with Gasteiger partial charge in [-0.25, -0.2) is 0 Å². The second kappa shape index (κ2) is 5.31. The van der Waals surface area contributed by atoms with E-state index in [2.05, 4.69) is 53.7 Å². The van der Waals surface area contributed by atoms with Crippen LogP contribution in [0.15, 0.2) is 18.2 Å². The van der Waals surface area contributed by atoms with Crippen molar-refractivity contribution in [1.29, 1.82) is 0 Å². The number of rotatable bonds is 5. The lowest BCUT2D eigenvalue weighted by Gasteiger charge is -2.29. The summed E-state index contributed by atoms with van der Waals surface area (Å²) >= 11 is 0. The molecular formula is C16H27NO. The highest BCUT2D eigenvalue weighted by atomic mass is 16.6. The summed E-state index contributed by atoms with van der Waals surface area (Å²) in [5.41, 5.74) is 2.81. The molecule has 0 aliphatic rings. The first kappa shape index (κ1) is 15.0. The third-order valence-corrected chi connectivity index (χ3v) is 4.38. The van der Waals surface area contributed by atoms with Crippen LogP contribution in [0.5, 0.6) is 5.75 Å². The summed E-state index contributed by atoms with van der Waals surface area (Å²) in [6, 6.07) is 6.38. The van der Waals surface area contributed by atoms with Crippen LogP contribution in [0, 0.1) is 0 Å². The van der Waals surface area contributed by atoms with E-state index in [4.69, 9.17) is 10.7 Å². The van der Waals surface area contributed by atoms with E-state index in [1.807, 2.05) is 6.07 Å². The van der Waals surface area contributed by atoms with Crippen LogP contribution in [0.4, 0.5) is 0 Å². The largest absolute Gasteiger partial charge is 0.411 e. The fourth-order valence-corrected chi connectivity index (χ4v) is 1.98. The van der Waals surface area contributed by atoms with Crippen molar-refractivity contribution >= 4 is 0 Å². The lowest BCUT2D eigenvalue weighted by Crippen LogP contribution is -2.22. The van der Waals surface area contributed by atoms with Crippen LogP contribution >= 0.6 is 0 Å². The molecule has 2 N–H and O–H groups in total. The molecule has 0 atom stereocenters. The van der Waals surface area contributed by atoms with E-state index in [9.17, 15) is 0 Å². The van der Waals surface area contributed by atoms with Gasteiger partial charge in [0, 0.05) is 5.56 Å². The van der Waals surface area contributed by atoms with Crippen LogP contribution in [0.2, 0.25) is 0 Å². The van der Waals surface area contributed by atoms with Crippen molar-refractivity contribution in [2.75, 3.05) is 0 Å². The standard InChI is InChI=1S/C16H27NO/c1-7-15(3,4)12-9-10-14(18-17)13(11-12)16(5,6)8-2/h9-11H,7-8,17H2,1-6H3. The van der Waals surface area contributed by atoms with Gasteiger partial charge in [0.15, 0.2) is 5.75 Å². The van der Waals surface area contributed by atoms with E-state index < -0.39 is 0 Å². The summed E-state index contributed by atoms with van der Waals surface area (Å²) in [6.45, 7) is 13.4. The monoisotopic (exact) mass is 249 g/mol. The Morgan fingerprint density at radius 1 is 1.00 bits per heavy atom. The molecule has 0 aromatic heterocycles. The van der Waals surface area contributed by atoms with Gasteiger partial charge in [0.25, 0.3) is 0 Å². The molecule has 102 valence electrons. The maximum atomic E-state index is 5.39. The molecule has 0 amide bonds. The van der Waals surface area contributed by atoms with E-state index in [0.29, 0.717) is 0 Å². The van der Waals surface area contributed by atoms with Crippen molar-refractivity contribution in [2.45, 2.75) is 65.2 Å². The van der Waals surface area contributed by atoms with Crippen LogP contribution in [0.25, 0.3) is 0 Å². The summed E-state index contributed by atoms with van der Waals surface area (Å²) in [7, 11) is 0. The highest BCUT2D eigenvalue weighted by Crippen LogP contribution is 2.37. The molecule has 1 aromatic carbocycles. The van der Waals surface area contributed by atoms with Crippen molar-refractivity contribution in [3.05, 3.63) is 29.3 Å². The van der Waals surface area contributed by atoms with Gasteiger partial charge in [-0.3, -0.25) is 0 Å². The molecule has 0 spiro atoms. The summed E-state index contributed by atoms with van der Waals surface area (Å²) in [4.78, 5) is 5.03. The predicted molar refractivity (Wildman–Crippen MR) is 77.9 cm³/mol. The minimum absolute atomic E-state index is 0.0779. The Hall–Kier alpha value is -1.02. The van der Waals surface area contributed by atoms with Gasteiger partial charge in [-0.1, -0.05) is 53.7 Å². The van der Waals surface area contributed by atoms with Crippen molar-refractivity contribution in [1.82, 2.24) is 0 Å². The molecule has 0 aliphatic heterocycles. The van der Waals surface area contributed by atoms with Gasteiger partial charge in [-0.15, -0.1) is 0 Å². The van der Waals surface area contributed by atoms with Gasteiger partial charge >= 0.3 is 0 Å². The molecule has 1 aromatic rings. The molecule has 0 bridgehead atoms. The number of hydrogen-bond acceptors (Lipinski definition) is 2. The quantitative estimate of drug-likeness (QED) is 0.789. The van der Waals surface area contributed by atoms with Crippen LogP contribution in [-0.2, 0) is 10.8 Å². The lowest BCUT2D eigenvalue weighted by atomic mass is 9.76. The molecule has 0 aliphatic carbocycles. The molecule has 0 heterocycles. The zero-order valence-corrected chi connectivity index (χ0v) is 12.6. The molecule has 0 saturated heterocycles. The van der Waals surface area contributed by atoms with E-state index >= 15 is 0 Å². The second-order valence-electron chi connectivity index (χ2n) is 6.30. The Morgan fingerprint density at radius 2 is 1.56 bits per heavy atom. The Labute approximate surface area is 111 Å². The third kappa shape index (κ3) is 2.86. The molecule has 2 nitrogen and oxygen atoms in total. The van der Waals surface area contributed by atoms with Crippen LogP contribution in [0.3, 0.4) is 0 Å². The Balaban J connectivity index is 3.35. The maximum absolute atomic E-state index is 5.39. The highest BCUT2D eigenvalue weighted by molar-refractivity contribution is 5.43. The second-order valence-corrected chi connectivity index (χ2v) is 6.30. The van der Waals surface area contributed by atoms with Crippen LogP contribution < -0.4 is 10.7 Å². The van der Waals surface area contributed by atoms with Crippen molar-refractivity contribution in [3.63, 3.8) is 0 Å². The molecule has 1 rings (SSSR count). The van der Waals surface area contributed by atoms with Gasteiger partial charge in [-0.05, 0) is 35.3 Å². The van der Waals surface area contributed by atoms with Crippen molar-refractivity contribution < 1.29 is 4.84 Å². The molecule has 2 heteroatoms. The van der Waals surface area contributed by atoms with Gasteiger partial charge in [-0.2, -0.15) is 5.90 Å². The summed E-state index contributed by atoms with van der Waals surface area (Å²) < 4.78 is 0. The van der Waals surface area contributed by atoms with E-state index in [0.717, 1.165) is 18.6 Å². The lowest BCUT2D eigenvalue weighted by molar-refractivity contribution is 0.320. The van der Waals surface area contributed by atoms with Crippen molar-refractivity contribution in [3.8, 4) is 5.75 Å². The van der Waals surface area contributed by atoms with E-state index in [1.54, 1.807) is 0 Å². The average Bonchev–Trinajstić information content (AvgIpc) is 2.37.